The van der Waals surface area contributed by atoms with Gasteiger partial charge in [-0.3, -0.25) is 4.79 Å². The first-order valence-corrected chi connectivity index (χ1v) is 9.21. The molecule has 3 N–H and O–H groups in total. The van der Waals surface area contributed by atoms with E-state index in [1.54, 1.807) is 7.11 Å². The Balaban J connectivity index is 1.61. The predicted molar refractivity (Wildman–Crippen MR) is 98.7 cm³/mol. The van der Waals surface area contributed by atoms with Crippen LogP contribution in [0.1, 0.15) is 37.3 Å². The van der Waals surface area contributed by atoms with Gasteiger partial charge in [0.1, 0.15) is 10.8 Å². The number of carbonyl (C=O) groups is 1. The summed E-state index contributed by atoms with van der Waals surface area (Å²) in [7, 11) is 1.64. The van der Waals surface area contributed by atoms with E-state index in [0.29, 0.717) is 11.7 Å². The highest BCUT2D eigenvalue weighted by Gasteiger charge is 2.66. The molecule has 1 fully saturated rings. The number of amides is 1. The molecule has 1 aromatic heterocycles. The number of aryl methyl sites for hydroxylation is 1. The smallest absolute Gasteiger partial charge is 0.231 e. The van der Waals surface area contributed by atoms with E-state index in [2.05, 4.69) is 29.4 Å². The highest BCUT2D eigenvalue weighted by atomic mass is 32.1. The predicted octanol–water partition coefficient (Wildman–Crippen LogP) is 2.55. The molecule has 1 amide bonds. The van der Waals surface area contributed by atoms with E-state index in [-0.39, 0.29) is 11.3 Å². The van der Waals surface area contributed by atoms with Crippen LogP contribution in [0.2, 0.25) is 0 Å². The average Bonchev–Trinajstić information content (AvgIpc) is 2.95. The summed E-state index contributed by atoms with van der Waals surface area (Å²) in [5.41, 5.74) is 6.13. The quantitative estimate of drug-likeness (QED) is 0.741. The summed E-state index contributed by atoms with van der Waals surface area (Å²) in [6, 6.07) is 7.83. The topological polar surface area (TPSA) is 90.1 Å². The van der Waals surface area contributed by atoms with E-state index in [0.717, 1.165) is 35.6 Å². The fourth-order valence-electron chi connectivity index (χ4n) is 3.47. The molecule has 1 aliphatic carbocycles. The Bertz CT molecular complexity index is 757. The second-order valence-corrected chi connectivity index (χ2v) is 8.18. The highest BCUT2D eigenvalue weighted by molar-refractivity contribution is 7.15. The molecule has 2 aromatic rings. The van der Waals surface area contributed by atoms with Crippen LogP contribution in [0.15, 0.2) is 24.3 Å². The van der Waals surface area contributed by atoms with Gasteiger partial charge in [-0.05, 0) is 36.0 Å². The van der Waals surface area contributed by atoms with E-state index in [9.17, 15) is 4.79 Å². The fourth-order valence-corrected chi connectivity index (χ4v) is 4.12. The Morgan fingerprint density at radius 2 is 2.00 bits per heavy atom. The van der Waals surface area contributed by atoms with Crippen LogP contribution in [0, 0.1) is 5.41 Å². The van der Waals surface area contributed by atoms with Crippen LogP contribution in [0.25, 0.3) is 0 Å². The zero-order valence-electron chi connectivity index (χ0n) is 14.8. The largest absolute Gasteiger partial charge is 0.497 e. The third-order valence-corrected chi connectivity index (χ3v) is 5.86. The molecule has 3 rings (SSSR count). The number of ether oxygens (including phenoxy) is 1. The normalized spacial score (nSPS) is 20.9. The number of nitrogens with two attached hydrogens (primary N) is 1. The molecule has 0 aliphatic heterocycles. The number of benzene rings is 1. The van der Waals surface area contributed by atoms with Crippen molar-refractivity contribution in [1.82, 2.24) is 15.5 Å². The van der Waals surface area contributed by atoms with Gasteiger partial charge in [0.25, 0.3) is 0 Å². The molecule has 134 valence electrons. The monoisotopic (exact) mass is 360 g/mol. The van der Waals surface area contributed by atoms with Crippen molar-refractivity contribution in [3.63, 3.8) is 0 Å². The number of hydrogen-bond acceptors (Lipinski definition) is 6. The van der Waals surface area contributed by atoms with Gasteiger partial charge in [0.05, 0.1) is 12.5 Å². The van der Waals surface area contributed by atoms with Gasteiger partial charge < -0.3 is 15.8 Å². The SMILES string of the molecule is COc1ccc(C2(C(=O)NCCCc3nnc(N)s3)CC2(C)C)cc1. The third kappa shape index (κ3) is 3.33. The third-order valence-electron chi connectivity index (χ3n) is 5.04. The van der Waals surface area contributed by atoms with Crippen molar-refractivity contribution >= 4 is 22.4 Å². The number of hydrogen-bond donors (Lipinski definition) is 2. The first-order chi connectivity index (χ1) is 11.9. The van der Waals surface area contributed by atoms with Gasteiger partial charge in [0.15, 0.2) is 0 Å². The van der Waals surface area contributed by atoms with Crippen molar-refractivity contribution in [3.05, 3.63) is 34.8 Å². The number of aromatic nitrogens is 2. The second-order valence-electron chi connectivity index (χ2n) is 7.09. The maximum absolute atomic E-state index is 12.9. The van der Waals surface area contributed by atoms with Crippen LogP contribution in [0.4, 0.5) is 5.13 Å². The summed E-state index contributed by atoms with van der Waals surface area (Å²) in [5.74, 6) is 0.897. The maximum atomic E-state index is 12.9. The van der Waals surface area contributed by atoms with Crippen molar-refractivity contribution in [2.45, 2.75) is 38.5 Å². The van der Waals surface area contributed by atoms with Crippen LogP contribution < -0.4 is 15.8 Å². The number of nitrogens with one attached hydrogen (secondary N) is 1. The Kier molecular flexibility index (Phi) is 4.69. The van der Waals surface area contributed by atoms with E-state index in [1.807, 2.05) is 24.3 Å². The van der Waals surface area contributed by atoms with E-state index < -0.39 is 5.41 Å². The molecule has 1 unspecified atom stereocenters. The standard InChI is InChI=1S/C18H24N4O2S/c1-17(2)11-18(17,12-6-8-13(24-3)9-7-12)15(23)20-10-4-5-14-21-22-16(19)25-14/h6-9H,4-5,10-11H2,1-3H3,(H2,19,22)(H,20,23). The van der Waals surface area contributed by atoms with Crippen LogP contribution in [0.3, 0.4) is 0 Å². The van der Waals surface area contributed by atoms with Gasteiger partial charge in [0, 0.05) is 13.0 Å². The lowest BCUT2D eigenvalue weighted by Crippen LogP contribution is -2.38. The molecule has 1 aromatic carbocycles. The van der Waals surface area contributed by atoms with E-state index >= 15 is 0 Å². The lowest BCUT2D eigenvalue weighted by molar-refractivity contribution is -0.124. The first-order valence-electron chi connectivity index (χ1n) is 8.40. The highest BCUT2D eigenvalue weighted by Crippen LogP contribution is 2.64. The van der Waals surface area contributed by atoms with Crippen molar-refractivity contribution < 1.29 is 9.53 Å². The van der Waals surface area contributed by atoms with Crippen molar-refractivity contribution in [2.75, 3.05) is 19.4 Å². The summed E-state index contributed by atoms with van der Waals surface area (Å²) in [4.78, 5) is 12.9. The molecule has 0 spiro atoms. The summed E-state index contributed by atoms with van der Waals surface area (Å²) in [6.07, 6.45) is 2.44. The van der Waals surface area contributed by atoms with Crippen molar-refractivity contribution in [1.29, 1.82) is 0 Å². The van der Waals surface area contributed by atoms with Gasteiger partial charge >= 0.3 is 0 Å². The maximum Gasteiger partial charge on any atom is 0.231 e. The van der Waals surface area contributed by atoms with Gasteiger partial charge in [-0.25, -0.2) is 0 Å². The summed E-state index contributed by atoms with van der Waals surface area (Å²) >= 11 is 1.40. The number of nitrogens with zero attached hydrogens (tertiary/aromatic N) is 2. The Morgan fingerprint density at radius 3 is 2.52 bits per heavy atom. The number of methoxy groups -OCH3 is 1. The van der Waals surface area contributed by atoms with Gasteiger partial charge in [-0.1, -0.05) is 37.3 Å². The Hall–Kier alpha value is -2.15. The van der Waals surface area contributed by atoms with Gasteiger partial charge in [-0.15, -0.1) is 10.2 Å². The lowest BCUT2D eigenvalue weighted by atomic mass is 9.87. The number of anilines is 1. The molecule has 1 atom stereocenters. The van der Waals surface area contributed by atoms with Crippen molar-refractivity contribution in [2.24, 2.45) is 5.41 Å². The lowest BCUT2D eigenvalue weighted by Gasteiger charge is -2.21. The summed E-state index contributed by atoms with van der Waals surface area (Å²) in [6.45, 7) is 4.90. The fraction of sp³-hybridized carbons (Fsp3) is 0.500. The molecule has 0 bridgehead atoms. The van der Waals surface area contributed by atoms with E-state index in [1.165, 1.54) is 11.3 Å². The summed E-state index contributed by atoms with van der Waals surface area (Å²) in [5, 5.41) is 12.3. The molecule has 1 saturated carbocycles. The second kappa shape index (κ2) is 6.63. The van der Waals surface area contributed by atoms with Crippen molar-refractivity contribution in [3.8, 4) is 5.75 Å². The molecule has 25 heavy (non-hydrogen) atoms. The minimum Gasteiger partial charge on any atom is -0.497 e. The van der Waals surface area contributed by atoms with Gasteiger partial charge in [-0.2, -0.15) is 0 Å². The van der Waals surface area contributed by atoms with Crippen LogP contribution in [0.5, 0.6) is 5.75 Å². The van der Waals surface area contributed by atoms with E-state index in [4.69, 9.17) is 10.5 Å². The Morgan fingerprint density at radius 1 is 1.32 bits per heavy atom. The average molecular weight is 360 g/mol. The molecular weight excluding hydrogens is 336 g/mol. The minimum absolute atomic E-state index is 0.0423. The molecule has 6 nitrogen and oxygen atoms in total. The Labute approximate surface area is 151 Å². The molecule has 1 aliphatic rings. The first kappa shape index (κ1) is 17.7. The molecule has 1 heterocycles. The number of carbonyl (C=O) groups excluding carboxylic acids is 1. The van der Waals surface area contributed by atoms with Crippen LogP contribution in [-0.2, 0) is 16.6 Å². The zero-order valence-corrected chi connectivity index (χ0v) is 15.7. The number of nitrogen functional groups attached to an aromatic ring is 1. The van der Waals surface area contributed by atoms with Crippen LogP contribution >= 0.6 is 11.3 Å². The molecular formula is C18H24N4O2S. The van der Waals surface area contributed by atoms with Crippen LogP contribution in [-0.4, -0.2) is 29.8 Å². The zero-order chi connectivity index (χ0) is 18.1. The molecule has 0 radical (unpaired) electrons. The van der Waals surface area contributed by atoms with Gasteiger partial charge in [0.2, 0.25) is 11.0 Å². The summed E-state index contributed by atoms with van der Waals surface area (Å²) < 4.78 is 5.22. The molecule has 7 heteroatoms. The number of rotatable bonds is 7. The minimum atomic E-state index is -0.452. The molecule has 0 saturated heterocycles.